The number of amides is 1. The van der Waals surface area contributed by atoms with Gasteiger partial charge in [0.05, 0.1) is 5.92 Å². The number of hydrogen-bond acceptors (Lipinski definition) is 2. The van der Waals surface area contributed by atoms with Gasteiger partial charge in [0.1, 0.15) is 0 Å². The first-order valence-electron chi connectivity index (χ1n) is 10.9. The summed E-state index contributed by atoms with van der Waals surface area (Å²) in [6.45, 7) is 5.24. The van der Waals surface area contributed by atoms with E-state index < -0.39 is 0 Å². The van der Waals surface area contributed by atoms with E-state index in [-0.39, 0.29) is 11.8 Å². The molecule has 0 aliphatic heterocycles. The van der Waals surface area contributed by atoms with Crippen molar-refractivity contribution in [2.24, 2.45) is 5.92 Å². The lowest BCUT2D eigenvalue weighted by Crippen LogP contribution is -2.33. The molecule has 1 aromatic rings. The summed E-state index contributed by atoms with van der Waals surface area (Å²) < 4.78 is 0. The number of benzene rings is 1. The van der Waals surface area contributed by atoms with E-state index in [4.69, 9.17) is 0 Å². The molecule has 26 heavy (non-hydrogen) atoms. The fourth-order valence-electron chi connectivity index (χ4n) is 4.09. The molecule has 0 saturated heterocycles. The number of hydrogen-bond donors (Lipinski definition) is 2. The first-order chi connectivity index (χ1) is 12.8. The molecule has 1 aromatic carbocycles. The summed E-state index contributed by atoms with van der Waals surface area (Å²) in [5.41, 5.74) is 1.19. The summed E-state index contributed by atoms with van der Waals surface area (Å²) in [5, 5.41) is 6.72. The molecular weight excluding hydrogens is 320 g/mol. The van der Waals surface area contributed by atoms with Crippen LogP contribution in [0.4, 0.5) is 0 Å². The second-order valence-corrected chi connectivity index (χ2v) is 7.74. The highest BCUT2D eigenvalue weighted by atomic mass is 16.1. The Morgan fingerprint density at radius 1 is 0.962 bits per heavy atom. The van der Waals surface area contributed by atoms with Gasteiger partial charge in [0.2, 0.25) is 5.91 Å². The molecule has 0 bridgehead atoms. The van der Waals surface area contributed by atoms with Gasteiger partial charge in [-0.15, -0.1) is 0 Å². The van der Waals surface area contributed by atoms with Crippen LogP contribution in [0.3, 0.4) is 0 Å². The Labute approximate surface area is 160 Å². The maximum absolute atomic E-state index is 12.8. The summed E-state index contributed by atoms with van der Waals surface area (Å²) in [4.78, 5) is 12.8. The molecule has 1 amide bonds. The molecule has 3 nitrogen and oxygen atoms in total. The molecule has 0 spiro atoms. The van der Waals surface area contributed by atoms with Gasteiger partial charge in [0.25, 0.3) is 0 Å². The van der Waals surface area contributed by atoms with Crippen molar-refractivity contribution < 1.29 is 4.79 Å². The predicted octanol–water partition coefficient (Wildman–Crippen LogP) is 5.03. The zero-order chi connectivity index (χ0) is 18.5. The molecule has 0 radical (unpaired) electrons. The van der Waals surface area contributed by atoms with Crippen molar-refractivity contribution in [3.05, 3.63) is 35.9 Å². The predicted molar refractivity (Wildman–Crippen MR) is 110 cm³/mol. The van der Waals surface area contributed by atoms with Crippen LogP contribution < -0.4 is 10.6 Å². The third-order valence-electron chi connectivity index (χ3n) is 5.60. The van der Waals surface area contributed by atoms with Gasteiger partial charge in [-0.25, -0.2) is 0 Å². The third kappa shape index (κ3) is 7.49. The minimum absolute atomic E-state index is 0.0374. The van der Waals surface area contributed by atoms with Gasteiger partial charge in [-0.3, -0.25) is 4.79 Å². The lowest BCUT2D eigenvalue weighted by Gasteiger charge is -2.23. The fourth-order valence-corrected chi connectivity index (χ4v) is 4.09. The Hall–Kier alpha value is -1.35. The molecule has 1 fully saturated rings. The van der Waals surface area contributed by atoms with Gasteiger partial charge in [0.15, 0.2) is 0 Å². The summed E-state index contributed by atoms with van der Waals surface area (Å²) in [6.07, 6.45) is 12.4. The van der Waals surface area contributed by atoms with Crippen LogP contribution in [0.5, 0.6) is 0 Å². The van der Waals surface area contributed by atoms with Crippen LogP contribution in [-0.2, 0) is 4.79 Å². The molecule has 1 aliphatic carbocycles. The van der Waals surface area contributed by atoms with Crippen LogP contribution in [-0.4, -0.2) is 25.5 Å². The van der Waals surface area contributed by atoms with Crippen molar-refractivity contribution in [1.29, 1.82) is 0 Å². The lowest BCUT2D eigenvalue weighted by atomic mass is 9.84. The normalized spacial score (nSPS) is 15.9. The SMILES string of the molecule is CCCCCCNCCCCNC(=O)C(c1ccccc1)C1CCCC1. The lowest BCUT2D eigenvalue weighted by molar-refractivity contribution is -0.123. The smallest absolute Gasteiger partial charge is 0.227 e. The second kappa shape index (κ2) is 12.9. The van der Waals surface area contributed by atoms with Gasteiger partial charge < -0.3 is 10.6 Å². The molecule has 1 saturated carbocycles. The van der Waals surface area contributed by atoms with Crippen LogP contribution in [0, 0.1) is 5.92 Å². The van der Waals surface area contributed by atoms with E-state index in [1.807, 2.05) is 6.07 Å². The fraction of sp³-hybridized carbons (Fsp3) is 0.696. The highest BCUT2D eigenvalue weighted by molar-refractivity contribution is 5.84. The van der Waals surface area contributed by atoms with Crippen molar-refractivity contribution in [3.63, 3.8) is 0 Å². The van der Waals surface area contributed by atoms with E-state index in [2.05, 4.69) is 41.8 Å². The Morgan fingerprint density at radius 2 is 1.62 bits per heavy atom. The average molecular weight is 359 g/mol. The summed E-state index contributed by atoms with van der Waals surface area (Å²) in [7, 11) is 0. The number of unbranched alkanes of at least 4 members (excludes halogenated alkanes) is 4. The molecule has 0 aromatic heterocycles. The first kappa shape index (κ1) is 21.0. The molecule has 1 unspecified atom stereocenters. The van der Waals surface area contributed by atoms with Gasteiger partial charge >= 0.3 is 0 Å². The average Bonchev–Trinajstić information content (AvgIpc) is 3.18. The number of carbonyl (C=O) groups excluding carboxylic acids is 1. The Balaban J connectivity index is 1.65. The van der Waals surface area contributed by atoms with Gasteiger partial charge in [-0.05, 0) is 56.7 Å². The van der Waals surface area contributed by atoms with Crippen LogP contribution in [0.25, 0.3) is 0 Å². The molecule has 2 N–H and O–H groups in total. The summed E-state index contributed by atoms with van der Waals surface area (Å²) >= 11 is 0. The summed E-state index contributed by atoms with van der Waals surface area (Å²) in [5.74, 6) is 0.785. The van der Waals surface area contributed by atoms with E-state index in [1.165, 1.54) is 56.9 Å². The van der Waals surface area contributed by atoms with Crippen molar-refractivity contribution >= 4 is 5.91 Å². The largest absolute Gasteiger partial charge is 0.356 e. The van der Waals surface area contributed by atoms with Gasteiger partial charge in [0, 0.05) is 6.54 Å². The zero-order valence-electron chi connectivity index (χ0n) is 16.6. The van der Waals surface area contributed by atoms with E-state index in [0.29, 0.717) is 5.92 Å². The first-order valence-corrected chi connectivity index (χ1v) is 10.9. The Bertz CT molecular complexity index is 482. The minimum atomic E-state index is 0.0374. The van der Waals surface area contributed by atoms with Crippen molar-refractivity contribution in [1.82, 2.24) is 10.6 Å². The molecule has 3 heteroatoms. The molecular formula is C23H38N2O. The maximum atomic E-state index is 12.8. The highest BCUT2D eigenvalue weighted by Gasteiger charge is 2.31. The van der Waals surface area contributed by atoms with E-state index >= 15 is 0 Å². The monoisotopic (exact) mass is 358 g/mol. The number of rotatable bonds is 13. The molecule has 146 valence electrons. The maximum Gasteiger partial charge on any atom is 0.227 e. The van der Waals surface area contributed by atoms with Crippen LogP contribution in [0.2, 0.25) is 0 Å². The number of carbonyl (C=O) groups is 1. The number of nitrogens with one attached hydrogen (secondary N) is 2. The third-order valence-corrected chi connectivity index (χ3v) is 5.60. The van der Waals surface area contributed by atoms with Crippen LogP contribution in [0.1, 0.15) is 82.6 Å². The summed E-state index contributed by atoms with van der Waals surface area (Å²) in [6, 6.07) is 10.4. The minimum Gasteiger partial charge on any atom is -0.356 e. The quantitative estimate of drug-likeness (QED) is 0.486. The zero-order valence-corrected chi connectivity index (χ0v) is 16.6. The van der Waals surface area contributed by atoms with Crippen molar-refractivity contribution in [2.45, 2.75) is 77.0 Å². The van der Waals surface area contributed by atoms with Gasteiger partial charge in [-0.1, -0.05) is 69.4 Å². The topological polar surface area (TPSA) is 41.1 Å². The molecule has 2 rings (SSSR count). The van der Waals surface area contributed by atoms with E-state index in [1.54, 1.807) is 0 Å². The van der Waals surface area contributed by atoms with E-state index in [0.717, 1.165) is 32.5 Å². The molecule has 1 atom stereocenters. The van der Waals surface area contributed by atoms with Gasteiger partial charge in [-0.2, -0.15) is 0 Å². The van der Waals surface area contributed by atoms with Crippen LogP contribution in [0.15, 0.2) is 30.3 Å². The standard InChI is InChI=1S/C23H38N2O/c1-2-3-4-10-17-24-18-11-12-19-25-23(26)22(21-15-8-9-16-21)20-13-6-5-7-14-20/h5-7,13-14,21-22,24H,2-4,8-12,15-19H2,1H3,(H,25,26). The van der Waals surface area contributed by atoms with Crippen molar-refractivity contribution in [2.75, 3.05) is 19.6 Å². The van der Waals surface area contributed by atoms with Crippen LogP contribution >= 0.6 is 0 Å². The second-order valence-electron chi connectivity index (χ2n) is 7.74. The Kier molecular flexibility index (Phi) is 10.4. The molecule has 1 aliphatic rings. The van der Waals surface area contributed by atoms with Crippen molar-refractivity contribution in [3.8, 4) is 0 Å². The highest BCUT2D eigenvalue weighted by Crippen LogP contribution is 2.37. The van der Waals surface area contributed by atoms with E-state index in [9.17, 15) is 4.79 Å². The molecule has 0 heterocycles. The Morgan fingerprint density at radius 3 is 2.31 bits per heavy atom.